The second-order valence-electron chi connectivity index (χ2n) is 4.67. The van der Waals surface area contributed by atoms with E-state index >= 15 is 0 Å². The number of phenolic OH excluding ortho intramolecular Hbond substituents is 1. The predicted octanol–water partition coefficient (Wildman–Crippen LogP) is 3.99. The van der Waals surface area contributed by atoms with Gasteiger partial charge in [0.15, 0.2) is 0 Å². The molecule has 0 fully saturated rings. The highest BCUT2D eigenvalue weighted by Crippen LogP contribution is 2.32. The molecule has 0 saturated heterocycles. The number of benzene rings is 2. The number of methoxy groups -OCH3 is 1. The molecule has 2 aromatic carbocycles. The largest absolute Gasteiger partial charge is 0.507 e. The van der Waals surface area contributed by atoms with E-state index < -0.39 is 0 Å². The highest BCUT2D eigenvalue weighted by molar-refractivity contribution is 9.11. The summed E-state index contributed by atoms with van der Waals surface area (Å²) in [6.45, 7) is 4.44. The molecule has 2 N–H and O–H groups in total. The van der Waals surface area contributed by atoms with Crippen molar-refractivity contribution in [1.29, 1.82) is 0 Å². The molecule has 0 spiro atoms. The smallest absolute Gasteiger partial charge is 0.124 e. The average molecular weight is 348 g/mol. The Bertz CT molecular complexity index is 613. The van der Waals surface area contributed by atoms with Crippen LogP contribution in [0.5, 0.6) is 11.5 Å². The standard InChI is InChI=1S/C17H18BrNO2/c1-12(18)11-19-17(13-6-4-3-5-7-13)15-9-8-14(21-2)10-16(15)20/h3-10,17,19-20H,1,11H2,2H3. The first-order valence-corrected chi connectivity index (χ1v) is 7.39. The van der Waals surface area contributed by atoms with Crippen LogP contribution < -0.4 is 10.1 Å². The maximum atomic E-state index is 10.3. The Morgan fingerprint density at radius 3 is 2.57 bits per heavy atom. The molecule has 1 unspecified atom stereocenters. The zero-order chi connectivity index (χ0) is 15.2. The topological polar surface area (TPSA) is 41.5 Å². The molecule has 21 heavy (non-hydrogen) atoms. The third kappa shape index (κ3) is 4.09. The molecular formula is C17H18BrNO2. The van der Waals surface area contributed by atoms with Crippen LogP contribution in [0, 0.1) is 0 Å². The summed E-state index contributed by atoms with van der Waals surface area (Å²) in [6.07, 6.45) is 0. The highest BCUT2D eigenvalue weighted by atomic mass is 79.9. The number of halogens is 1. The third-order valence-corrected chi connectivity index (χ3v) is 3.46. The van der Waals surface area contributed by atoms with Crippen LogP contribution in [-0.2, 0) is 0 Å². The van der Waals surface area contributed by atoms with Crippen molar-refractivity contribution >= 4 is 15.9 Å². The lowest BCUT2D eigenvalue weighted by Crippen LogP contribution is -2.23. The van der Waals surface area contributed by atoms with Crippen LogP contribution in [0.25, 0.3) is 0 Å². The van der Waals surface area contributed by atoms with E-state index in [1.54, 1.807) is 13.2 Å². The Balaban J connectivity index is 2.37. The summed E-state index contributed by atoms with van der Waals surface area (Å²) in [5.41, 5.74) is 1.88. The SMILES string of the molecule is C=C(Br)CNC(c1ccccc1)c1ccc(OC)cc1O. The summed E-state index contributed by atoms with van der Waals surface area (Å²) in [5.74, 6) is 0.837. The molecule has 110 valence electrons. The number of phenols is 1. The van der Waals surface area contributed by atoms with Gasteiger partial charge in [0.1, 0.15) is 11.5 Å². The number of aromatic hydroxyl groups is 1. The molecule has 0 saturated carbocycles. The fraction of sp³-hybridized carbons (Fsp3) is 0.176. The first-order chi connectivity index (χ1) is 10.1. The van der Waals surface area contributed by atoms with E-state index in [-0.39, 0.29) is 11.8 Å². The lowest BCUT2D eigenvalue weighted by molar-refractivity contribution is 0.405. The van der Waals surface area contributed by atoms with E-state index in [0.717, 1.165) is 15.6 Å². The zero-order valence-electron chi connectivity index (χ0n) is 11.8. The molecular weight excluding hydrogens is 330 g/mol. The van der Waals surface area contributed by atoms with Crippen LogP contribution in [0.4, 0.5) is 0 Å². The van der Waals surface area contributed by atoms with E-state index in [1.807, 2.05) is 42.5 Å². The molecule has 0 aliphatic carbocycles. The van der Waals surface area contributed by atoms with Gasteiger partial charge in [-0.2, -0.15) is 0 Å². The lowest BCUT2D eigenvalue weighted by Gasteiger charge is -2.21. The van der Waals surface area contributed by atoms with E-state index in [9.17, 15) is 5.11 Å². The second-order valence-corrected chi connectivity index (χ2v) is 5.79. The number of hydrogen-bond donors (Lipinski definition) is 2. The van der Waals surface area contributed by atoms with Crippen LogP contribution in [0.2, 0.25) is 0 Å². The molecule has 2 aromatic rings. The molecule has 4 heteroatoms. The van der Waals surface area contributed by atoms with E-state index in [2.05, 4.69) is 27.8 Å². The van der Waals surface area contributed by atoms with Gasteiger partial charge in [-0.05, 0) is 17.7 Å². The Morgan fingerprint density at radius 2 is 2.00 bits per heavy atom. The summed E-state index contributed by atoms with van der Waals surface area (Å²) >= 11 is 3.35. The molecule has 0 radical (unpaired) electrons. The molecule has 2 rings (SSSR count). The Kier molecular flexibility index (Phi) is 5.42. The van der Waals surface area contributed by atoms with Crippen molar-refractivity contribution in [2.24, 2.45) is 0 Å². The molecule has 0 aromatic heterocycles. The van der Waals surface area contributed by atoms with Crippen molar-refractivity contribution < 1.29 is 9.84 Å². The number of hydrogen-bond acceptors (Lipinski definition) is 3. The van der Waals surface area contributed by atoms with Gasteiger partial charge in [0.05, 0.1) is 13.2 Å². The van der Waals surface area contributed by atoms with Gasteiger partial charge in [0.2, 0.25) is 0 Å². The van der Waals surface area contributed by atoms with Crippen molar-refractivity contribution in [1.82, 2.24) is 5.32 Å². The highest BCUT2D eigenvalue weighted by Gasteiger charge is 2.17. The van der Waals surface area contributed by atoms with Gasteiger partial charge in [-0.1, -0.05) is 52.8 Å². The third-order valence-electron chi connectivity index (χ3n) is 3.18. The van der Waals surface area contributed by atoms with E-state index in [0.29, 0.717) is 12.3 Å². The van der Waals surface area contributed by atoms with Gasteiger partial charge in [0.25, 0.3) is 0 Å². The minimum absolute atomic E-state index is 0.119. The Hall–Kier alpha value is -1.78. The molecule has 0 aliphatic rings. The maximum Gasteiger partial charge on any atom is 0.124 e. The van der Waals surface area contributed by atoms with Crippen LogP contribution in [0.3, 0.4) is 0 Å². The van der Waals surface area contributed by atoms with Crippen molar-refractivity contribution in [3.8, 4) is 11.5 Å². The summed E-state index contributed by atoms with van der Waals surface area (Å²) in [5, 5.41) is 13.6. The van der Waals surface area contributed by atoms with Gasteiger partial charge >= 0.3 is 0 Å². The van der Waals surface area contributed by atoms with Crippen molar-refractivity contribution in [3.63, 3.8) is 0 Å². The van der Waals surface area contributed by atoms with Crippen LogP contribution in [0.15, 0.2) is 59.6 Å². The fourth-order valence-corrected chi connectivity index (χ4v) is 2.32. The minimum Gasteiger partial charge on any atom is -0.507 e. The van der Waals surface area contributed by atoms with Crippen LogP contribution >= 0.6 is 15.9 Å². The number of ether oxygens (including phenoxy) is 1. The van der Waals surface area contributed by atoms with Gasteiger partial charge in [-0.25, -0.2) is 0 Å². The first kappa shape index (κ1) is 15.6. The first-order valence-electron chi connectivity index (χ1n) is 6.60. The molecule has 0 amide bonds. The molecule has 3 nitrogen and oxygen atoms in total. The molecule has 0 bridgehead atoms. The van der Waals surface area contributed by atoms with E-state index in [1.165, 1.54) is 0 Å². The Morgan fingerprint density at radius 1 is 1.29 bits per heavy atom. The molecule has 0 aliphatic heterocycles. The number of nitrogens with one attached hydrogen (secondary N) is 1. The van der Waals surface area contributed by atoms with Gasteiger partial charge in [0, 0.05) is 22.7 Å². The van der Waals surface area contributed by atoms with Crippen molar-refractivity contribution in [2.45, 2.75) is 6.04 Å². The molecule has 1 atom stereocenters. The minimum atomic E-state index is -0.119. The van der Waals surface area contributed by atoms with Crippen LogP contribution in [-0.4, -0.2) is 18.8 Å². The van der Waals surface area contributed by atoms with E-state index in [4.69, 9.17) is 4.74 Å². The van der Waals surface area contributed by atoms with Gasteiger partial charge < -0.3 is 15.2 Å². The fourth-order valence-electron chi connectivity index (χ4n) is 2.16. The number of rotatable bonds is 6. The molecule has 0 heterocycles. The van der Waals surface area contributed by atoms with Crippen LogP contribution in [0.1, 0.15) is 17.2 Å². The van der Waals surface area contributed by atoms with Crippen molar-refractivity contribution in [3.05, 3.63) is 70.7 Å². The lowest BCUT2D eigenvalue weighted by atomic mass is 9.97. The summed E-state index contributed by atoms with van der Waals surface area (Å²) in [4.78, 5) is 0. The van der Waals surface area contributed by atoms with Gasteiger partial charge in [-0.3, -0.25) is 0 Å². The normalized spacial score (nSPS) is 11.9. The Labute approximate surface area is 133 Å². The monoisotopic (exact) mass is 347 g/mol. The average Bonchev–Trinajstić information content (AvgIpc) is 2.49. The van der Waals surface area contributed by atoms with Crippen molar-refractivity contribution in [2.75, 3.05) is 13.7 Å². The maximum absolute atomic E-state index is 10.3. The summed E-state index contributed by atoms with van der Waals surface area (Å²) in [7, 11) is 1.58. The second kappa shape index (κ2) is 7.29. The quantitative estimate of drug-likeness (QED) is 0.830. The summed E-state index contributed by atoms with van der Waals surface area (Å²) in [6, 6.07) is 15.2. The van der Waals surface area contributed by atoms with Gasteiger partial charge in [-0.15, -0.1) is 0 Å². The summed E-state index contributed by atoms with van der Waals surface area (Å²) < 4.78 is 5.99. The zero-order valence-corrected chi connectivity index (χ0v) is 13.4. The predicted molar refractivity (Wildman–Crippen MR) is 89.0 cm³/mol.